The monoisotopic (exact) mass is 546 g/mol. The third kappa shape index (κ3) is 4.58. The average molecular weight is 547 g/mol. The highest BCUT2D eigenvalue weighted by molar-refractivity contribution is 6.16. The van der Waals surface area contributed by atoms with Crippen LogP contribution in [0.15, 0.2) is 170 Å². The summed E-state index contributed by atoms with van der Waals surface area (Å²) < 4.78 is 0. The zero-order valence-corrected chi connectivity index (χ0v) is 23.9. The van der Waals surface area contributed by atoms with E-state index in [4.69, 9.17) is 0 Å². The highest BCUT2D eigenvalue weighted by Crippen LogP contribution is 2.41. The highest BCUT2D eigenvalue weighted by Gasteiger charge is 2.17. The highest BCUT2D eigenvalue weighted by atomic mass is 14.2. The fourth-order valence-corrected chi connectivity index (χ4v) is 6.70. The third-order valence-corrected chi connectivity index (χ3v) is 8.75. The normalized spacial score (nSPS) is 11.3. The fourth-order valence-electron chi connectivity index (χ4n) is 6.70. The van der Waals surface area contributed by atoms with Crippen molar-refractivity contribution >= 4 is 32.3 Å². The standard InChI is InChI=1S/C43H30/c1-3-13-30(14-4-1)32-23-24-34-28-36(26-25-33(34)27-32)43-40-21-11-9-19-38(40)42(39-20-10-12-22-41(39)43)29-35-17-7-8-18-37(35)31-15-5-2-6-16-31/h1-28H,29H2. The van der Waals surface area contributed by atoms with Crippen LogP contribution in [0.2, 0.25) is 0 Å². The lowest BCUT2D eigenvalue weighted by molar-refractivity contribution is 1.23. The van der Waals surface area contributed by atoms with E-state index in [9.17, 15) is 0 Å². The average Bonchev–Trinajstić information content (AvgIpc) is 3.09. The van der Waals surface area contributed by atoms with E-state index in [-0.39, 0.29) is 0 Å². The molecule has 0 atom stereocenters. The van der Waals surface area contributed by atoms with Gasteiger partial charge in [-0.3, -0.25) is 0 Å². The van der Waals surface area contributed by atoms with Gasteiger partial charge < -0.3 is 0 Å². The van der Waals surface area contributed by atoms with Crippen molar-refractivity contribution in [2.24, 2.45) is 0 Å². The molecule has 0 radical (unpaired) electrons. The van der Waals surface area contributed by atoms with Gasteiger partial charge in [0.15, 0.2) is 0 Å². The minimum atomic E-state index is 0.867. The molecule has 0 unspecified atom stereocenters. The van der Waals surface area contributed by atoms with Crippen molar-refractivity contribution in [3.8, 4) is 33.4 Å². The molecule has 0 spiro atoms. The topological polar surface area (TPSA) is 0 Å². The van der Waals surface area contributed by atoms with Gasteiger partial charge in [0.1, 0.15) is 0 Å². The van der Waals surface area contributed by atoms with E-state index >= 15 is 0 Å². The molecule has 0 fully saturated rings. The van der Waals surface area contributed by atoms with Gasteiger partial charge in [0.05, 0.1) is 0 Å². The van der Waals surface area contributed by atoms with Crippen LogP contribution in [-0.4, -0.2) is 0 Å². The Hall–Kier alpha value is -5.46. The lowest BCUT2D eigenvalue weighted by Crippen LogP contribution is -1.97. The summed E-state index contributed by atoms with van der Waals surface area (Å²) >= 11 is 0. The second-order valence-electron chi connectivity index (χ2n) is 11.3. The molecule has 202 valence electrons. The van der Waals surface area contributed by atoms with Gasteiger partial charge in [-0.2, -0.15) is 0 Å². The van der Waals surface area contributed by atoms with Gasteiger partial charge in [0, 0.05) is 0 Å². The summed E-state index contributed by atoms with van der Waals surface area (Å²) in [4.78, 5) is 0. The van der Waals surface area contributed by atoms with Gasteiger partial charge >= 0.3 is 0 Å². The van der Waals surface area contributed by atoms with Crippen molar-refractivity contribution < 1.29 is 0 Å². The van der Waals surface area contributed by atoms with Crippen molar-refractivity contribution in [2.45, 2.75) is 6.42 Å². The van der Waals surface area contributed by atoms with E-state index in [1.807, 2.05) is 0 Å². The van der Waals surface area contributed by atoms with Crippen molar-refractivity contribution in [1.29, 1.82) is 0 Å². The zero-order chi connectivity index (χ0) is 28.6. The summed E-state index contributed by atoms with van der Waals surface area (Å²) in [6.45, 7) is 0. The molecule has 43 heavy (non-hydrogen) atoms. The number of hydrogen-bond donors (Lipinski definition) is 0. The van der Waals surface area contributed by atoms with E-state index in [0.717, 1.165) is 6.42 Å². The molecular formula is C43H30. The van der Waals surface area contributed by atoms with Crippen LogP contribution in [0.3, 0.4) is 0 Å². The predicted octanol–water partition coefficient (Wildman–Crippen LogP) is 11.7. The molecule has 0 heterocycles. The first-order valence-electron chi connectivity index (χ1n) is 15.0. The van der Waals surface area contributed by atoms with Crippen LogP contribution < -0.4 is 0 Å². The minimum absolute atomic E-state index is 0.867. The lowest BCUT2D eigenvalue weighted by Gasteiger charge is -2.19. The van der Waals surface area contributed by atoms with Crippen molar-refractivity contribution in [1.82, 2.24) is 0 Å². The molecule has 0 aromatic heterocycles. The largest absolute Gasteiger partial charge is 0.0622 e. The Morgan fingerprint density at radius 3 is 1.47 bits per heavy atom. The Labute approximate surface area is 252 Å². The Morgan fingerprint density at radius 1 is 0.326 bits per heavy atom. The predicted molar refractivity (Wildman–Crippen MR) is 185 cm³/mol. The summed E-state index contributed by atoms with van der Waals surface area (Å²) in [6.07, 6.45) is 0.867. The Bertz CT molecular complexity index is 2180. The van der Waals surface area contributed by atoms with Gasteiger partial charge in [-0.1, -0.05) is 158 Å². The van der Waals surface area contributed by atoms with Gasteiger partial charge in [-0.25, -0.2) is 0 Å². The smallest absolute Gasteiger partial charge is 0.000728 e. The minimum Gasteiger partial charge on any atom is -0.0622 e. The molecule has 0 aliphatic carbocycles. The van der Waals surface area contributed by atoms with E-state index in [1.165, 1.54) is 76.8 Å². The molecule has 0 aliphatic rings. The van der Waals surface area contributed by atoms with Crippen LogP contribution in [0, 0.1) is 0 Å². The molecule has 0 heteroatoms. The van der Waals surface area contributed by atoms with Crippen LogP contribution in [0.25, 0.3) is 65.7 Å². The summed E-state index contributed by atoms with van der Waals surface area (Å²) in [6, 6.07) is 61.9. The van der Waals surface area contributed by atoms with Crippen molar-refractivity contribution in [3.05, 3.63) is 181 Å². The van der Waals surface area contributed by atoms with Gasteiger partial charge in [0.2, 0.25) is 0 Å². The molecule has 8 aromatic rings. The molecule has 8 aromatic carbocycles. The molecular weight excluding hydrogens is 516 g/mol. The SMILES string of the molecule is c1ccc(-c2ccc3cc(-c4c5ccccc5c(Cc5ccccc5-c5ccccc5)c5ccccc45)ccc3c2)cc1. The number of rotatable bonds is 5. The van der Waals surface area contributed by atoms with E-state index in [1.54, 1.807) is 0 Å². The van der Waals surface area contributed by atoms with Crippen LogP contribution in [0.4, 0.5) is 0 Å². The molecule has 0 N–H and O–H groups in total. The summed E-state index contributed by atoms with van der Waals surface area (Å²) in [5.41, 5.74) is 10.3. The fraction of sp³-hybridized carbons (Fsp3) is 0.0233. The Balaban J connectivity index is 1.31. The second kappa shape index (κ2) is 10.7. The van der Waals surface area contributed by atoms with E-state index < -0.39 is 0 Å². The molecule has 0 saturated heterocycles. The number of hydrogen-bond acceptors (Lipinski definition) is 0. The Morgan fingerprint density at radius 2 is 0.814 bits per heavy atom. The van der Waals surface area contributed by atoms with Gasteiger partial charge in [-0.15, -0.1) is 0 Å². The number of fused-ring (bicyclic) bond motifs is 3. The van der Waals surface area contributed by atoms with Crippen LogP contribution in [0.5, 0.6) is 0 Å². The molecule has 0 saturated carbocycles. The van der Waals surface area contributed by atoms with Gasteiger partial charge in [-0.05, 0) is 95.4 Å². The van der Waals surface area contributed by atoms with E-state index in [2.05, 4.69) is 170 Å². The van der Waals surface area contributed by atoms with Crippen LogP contribution in [0.1, 0.15) is 11.1 Å². The molecule has 0 bridgehead atoms. The zero-order valence-electron chi connectivity index (χ0n) is 23.9. The maximum Gasteiger partial charge on any atom is -0.000728 e. The summed E-state index contributed by atoms with van der Waals surface area (Å²) in [5.74, 6) is 0. The first kappa shape index (κ1) is 25.3. The summed E-state index contributed by atoms with van der Waals surface area (Å²) in [7, 11) is 0. The maximum absolute atomic E-state index is 2.36. The molecule has 0 nitrogen and oxygen atoms in total. The first-order valence-corrected chi connectivity index (χ1v) is 15.0. The quantitative estimate of drug-likeness (QED) is 0.188. The molecule has 0 amide bonds. The van der Waals surface area contributed by atoms with E-state index in [0.29, 0.717) is 0 Å². The van der Waals surface area contributed by atoms with Crippen LogP contribution >= 0.6 is 0 Å². The van der Waals surface area contributed by atoms with Crippen LogP contribution in [-0.2, 0) is 6.42 Å². The summed E-state index contributed by atoms with van der Waals surface area (Å²) in [5, 5.41) is 7.75. The molecule has 8 rings (SSSR count). The third-order valence-electron chi connectivity index (χ3n) is 8.75. The first-order chi connectivity index (χ1) is 21.3. The van der Waals surface area contributed by atoms with Crippen molar-refractivity contribution in [2.75, 3.05) is 0 Å². The Kier molecular flexibility index (Phi) is 6.31. The maximum atomic E-state index is 2.36. The second-order valence-corrected chi connectivity index (χ2v) is 11.3. The van der Waals surface area contributed by atoms with Crippen molar-refractivity contribution in [3.63, 3.8) is 0 Å². The number of benzene rings is 8. The lowest BCUT2D eigenvalue weighted by atomic mass is 9.85. The molecule has 0 aliphatic heterocycles. The van der Waals surface area contributed by atoms with Gasteiger partial charge in [0.25, 0.3) is 0 Å².